The van der Waals surface area contributed by atoms with Crippen LogP contribution in [-0.4, -0.2) is 69.3 Å². The van der Waals surface area contributed by atoms with Crippen LogP contribution in [0.3, 0.4) is 0 Å². The average Bonchev–Trinajstić information content (AvgIpc) is 2.96. The van der Waals surface area contributed by atoms with Gasteiger partial charge < -0.3 is 19.7 Å². The van der Waals surface area contributed by atoms with Gasteiger partial charge in [0.15, 0.2) is 11.5 Å². The molecular weight excluding hydrogens is 518 g/mol. The summed E-state index contributed by atoms with van der Waals surface area (Å²) in [4.78, 5) is 28.6. The third kappa shape index (κ3) is 7.44. The Kier molecular flexibility index (Phi) is 9.72. The molecule has 10 heteroatoms. The summed E-state index contributed by atoms with van der Waals surface area (Å²) in [6.07, 6.45) is 5.74. The van der Waals surface area contributed by atoms with Gasteiger partial charge in [0.1, 0.15) is 25.8 Å². The van der Waals surface area contributed by atoms with E-state index < -0.39 is 28.5 Å². The van der Waals surface area contributed by atoms with Gasteiger partial charge in [0.2, 0.25) is 21.8 Å². The van der Waals surface area contributed by atoms with E-state index in [4.69, 9.17) is 9.47 Å². The van der Waals surface area contributed by atoms with Crippen molar-refractivity contribution in [1.29, 1.82) is 0 Å². The molecule has 212 valence electrons. The van der Waals surface area contributed by atoms with Gasteiger partial charge in [-0.15, -0.1) is 0 Å². The lowest BCUT2D eigenvalue weighted by molar-refractivity contribution is -0.139. The zero-order chi connectivity index (χ0) is 27.8. The Balaban J connectivity index is 1.57. The molecule has 1 heterocycles. The van der Waals surface area contributed by atoms with E-state index in [9.17, 15) is 18.0 Å². The van der Waals surface area contributed by atoms with Crippen molar-refractivity contribution < 1.29 is 27.5 Å². The molecule has 0 spiro atoms. The van der Waals surface area contributed by atoms with Crippen LogP contribution in [0.1, 0.15) is 51.5 Å². The van der Waals surface area contributed by atoms with E-state index in [2.05, 4.69) is 5.32 Å². The summed E-state index contributed by atoms with van der Waals surface area (Å²) in [7, 11) is -3.82. The third-order valence-corrected chi connectivity index (χ3v) is 9.14. The van der Waals surface area contributed by atoms with Crippen molar-refractivity contribution in [3.8, 4) is 11.5 Å². The second-order valence-electron chi connectivity index (χ2n) is 10.1. The predicted molar refractivity (Wildman–Crippen MR) is 151 cm³/mol. The summed E-state index contributed by atoms with van der Waals surface area (Å²) in [5.74, 6) is 0.124. The Morgan fingerprint density at radius 2 is 1.69 bits per heavy atom. The molecule has 0 aromatic heterocycles. The van der Waals surface area contributed by atoms with Crippen molar-refractivity contribution in [1.82, 2.24) is 10.2 Å². The molecule has 0 radical (unpaired) electrons. The highest BCUT2D eigenvalue weighted by Crippen LogP contribution is 2.35. The van der Waals surface area contributed by atoms with E-state index in [1.807, 2.05) is 30.3 Å². The van der Waals surface area contributed by atoms with E-state index in [0.717, 1.165) is 35.6 Å². The van der Waals surface area contributed by atoms with Gasteiger partial charge in [-0.3, -0.25) is 13.9 Å². The number of benzene rings is 2. The first kappa shape index (κ1) is 28.7. The van der Waals surface area contributed by atoms with Gasteiger partial charge in [-0.25, -0.2) is 8.42 Å². The number of nitrogens with one attached hydrogen (secondary N) is 1. The van der Waals surface area contributed by atoms with Crippen molar-refractivity contribution >= 4 is 27.5 Å². The highest BCUT2D eigenvalue weighted by atomic mass is 32.2. The van der Waals surface area contributed by atoms with Crippen molar-refractivity contribution in [3.05, 3.63) is 54.1 Å². The van der Waals surface area contributed by atoms with Crippen LogP contribution in [0.15, 0.2) is 48.5 Å². The number of fused-ring (bicyclic) bond motifs is 1. The highest BCUT2D eigenvalue weighted by molar-refractivity contribution is 7.92. The summed E-state index contributed by atoms with van der Waals surface area (Å²) in [5, 5.41) is 3.12. The first-order valence-corrected chi connectivity index (χ1v) is 15.4. The number of anilines is 1. The lowest BCUT2D eigenvalue weighted by Crippen LogP contribution is -2.54. The Morgan fingerprint density at radius 3 is 2.38 bits per heavy atom. The van der Waals surface area contributed by atoms with Crippen LogP contribution in [0, 0.1) is 0 Å². The fourth-order valence-corrected chi connectivity index (χ4v) is 6.10. The maximum Gasteiger partial charge on any atom is 0.244 e. The van der Waals surface area contributed by atoms with E-state index in [1.165, 1.54) is 18.2 Å². The van der Waals surface area contributed by atoms with Gasteiger partial charge in [-0.05, 0) is 50.8 Å². The van der Waals surface area contributed by atoms with E-state index in [-0.39, 0.29) is 24.2 Å². The van der Waals surface area contributed by atoms with Gasteiger partial charge in [0.25, 0.3) is 0 Å². The van der Waals surface area contributed by atoms with Gasteiger partial charge in [0, 0.05) is 18.7 Å². The first-order chi connectivity index (χ1) is 18.8. The summed E-state index contributed by atoms with van der Waals surface area (Å²) in [5.41, 5.74) is 1.34. The van der Waals surface area contributed by atoms with Crippen LogP contribution in [0.4, 0.5) is 5.69 Å². The molecule has 2 aromatic rings. The monoisotopic (exact) mass is 557 g/mol. The smallest absolute Gasteiger partial charge is 0.244 e. The molecule has 2 aromatic carbocycles. The van der Waals surface area contributed by atoms with Crippen molar-refractivity contribution in [2.45, 2.75) is 64.5 Å². The average molecular weight is 558 g/mol. The quantitative estimate of drug-likeness (QED) is 0.453. The molecule has 39 heavy (non-hydrogen) atoms. The van der Waals surface area contributed by atoms with Crippen LogP contribution in [0.25, 0.3) is 0 Å². The number of nitrogens with zero attached hydrogens (tertiary/aromatic N) is 2. The number of amides is 2. The molecular formula is C29H39N3O6S. The molecule has 9 nitrogen and oxygen atoms in total. The van der Waals surface area contributed by atoms with Gasteiger partial charge in [-0.1, -0.05) is 49.6 Å². The van der Waals surface area contributed by atoms with E-state index >= 15 is 0 Å². The maximum atomic E-state index is 13.8. The third-order valence-electron chi connectivity index (χ3n) is 7.40. The zero-order valence-corrected chi connectivity index (χ0v) is 23.6. The second-order valence-corrected chi connectivity index (χ2v) is 12.3. The summed E-state index contributed by atoms with van der Waals surface area (Å²) in [6.45, 7) is 3.88. The molecule has 1 N–H and O–H groups in total. The number of ether oxygens (including phenoxy) is 2. The Bertz CT molecular complexity index is 1230. The molecule has 4 rings (SSSR count). The van der Waals surface area contributed by atoms with Crippen LogP contribution < -0.4 is 19.1 Å². The maximum absolute atomic E-state index is 13.8. The van der Waals surface area contributed by atoms with Crippen LogP contribution in [0.5, 0.6) is 11.5 Å². The van der Waals surface area contributed by atoms with E-state index in [0.29, 0.717) is 36.8 Å². The molecule has 0 bridgehead atoms. The normalized spacial score (nSPS) is 16.3. The minimum Gasteiger partial charge on any atom is -0.486 e. The summed E-state index contributed by atoms with van der Waals surface area (Å²) >= 11 is 0. The lowest BCUT2D eigenvalue weighted by Gasteiger charge is -2.33. The van der Waals surface area contributed by atoms with Gasteiger partial charge >= 0.3 is 0 Å². The number of hydrogen-bond donors (Lipinski definition) is 1. The fourth-order valence-electron chi connectivity index (χ4n) is 5.05. The number of carbonyl (C=O) groups excluding carboxylic acids is 2. The second kappa shape index (κ2) is 13.2. The molecule has 1 atom stereocenters. The van der Waals surface area contributed by atoms with Gasteiger partial charge in [-0.2, -0.15) is 0 Å². The van der Waals surface area contributed by atoms with Crippen LogP contribution >= 0.6 is 0 Å². The SMILES string of the molecule is CCS(=O)(=O)N(CC(=O)N(CCc1ccccc1)[C@@H](C)C(=O)NC1CCCCC1)c1ccc2c(c1)OCCO2. The lowest BCUT2D eigenvalue weighted by atomic mass is 9.95. The summed E-state index contributed by atoms with van der Waals surface area (Å²) in [6, 6.07) is 13.9. The topological polar surface area (TPSA) is 105 Å². The minimum absolute atomic E-state index is 0.106. The Hall–Kier alpha value is -3.27. The zero-order valence-electron chi connectivity index (χ0n) is 22.8. The molecule has 1 fully saturated rings. The van der Waals surface area contributed by atoms with Crippen molar-refractivity contribution in [3.63, 3.8) is 0 Å². The van der Waals surface area contributed by atoms with Crippen LogP contribution in [0.2, 0.25) is 0 Å². The minimum atomic E-state index is -3.82. The standard InChI is InChI=1S/C29H39N3O6S/c1-3-39(35,36)32(25-14-15-26-27(20-25)38-19-18-37-26)21-28(33)31(17-16-23-10-6-4-7-11-23)22(2)29(34)30-24-12-8-5-9-13-24/h4,6-7,10-11,14-15,20,22,24H,3,5,8-9,12-13,16-19,21H2,1-2H3,(H,30,34)/t22-/m0/s1. The van der Waals surface area contributed by atoms with Crippen molar-refractivity contribution in [2.24, 2.45) is 0 Å². The van der Waals surface area contributed by atoms with E-state index in [1.54, 1.807) is 25.1 Å². The Morgan fingerprint density at radius 1 is 1.00 bits per heavy atom. The number of sulfonamides is 1. The number of carbonyl (C=O) groups is 2. The highest BCUT2D eigenvalue weighted by Gasteiger charge is 2.32. The number of hydrogen-bond acceptors (Lipinski definition) is 6. The first-order valence-electron chi connectivity index (χ1n) is 13.8. The molecule has 1 aliphatic carbocycles. The molecule has 2 aliphatic rings. The molecule has 1 aliphatic heterocycles. The molecule has 0 unspecified atom stereocenters. The summed E-state index contributed by atoms with van der Waals surface area (Å²) < 4.78 is 38.7. The molecule has 1 saturated carbocycles. The van der Waals surface area contributed by atoms with Gasteiger partial charge in [0.05, 0.1) is 11.4 Å². The fraction of sp³-hybridized carbons (Fsp3) is 0.517. The van der Waals surface area contributed by atoms with Crippen LogP contribution in [-0.2, 0) is 26.0 Å². The number of rotatable bonds is 11. The van der Waals surface area contributed by atoms with Crippen molar-refractivity contribution in [2.75, 3.05) is 36.4 Å². The Labute approximate surface area is 231 Å². The predicted octanol–water partition coefficient (Wildman–Crippen LogP) is 3.52. The molecule has 0 saturated heterocycles. The largest absolute Gasteiger partial charge is 0.486 e. The molecule has 2 amide bonds.